The third-order valence-corrected chi connectivity index (χ3v) is 5.87. The van der Waals surface area contributed by atoms with Crippen LogP contribution in [0.15, 0.2) is 73.1 Å². The maximum absolute atomic E-state index is 13.6. The summed E-state index contributed by atoms with van der Waals surface area (Å²) in [7, 11) is 1.36. The lowest BCUT2D eigenvalue weighted by molar-refractivity contribution is 0.0600. The molecule has 1 aliphatic rings. The summed E-state index contributed by atoms with van der Waals surface area (Å²) in [5.41, 5.74) is 4.53. The van der Waals surface area contributed by atoms with E-state index < -0.39 is 0 Å². The monoisotopic (exact) mass is 444 g/mol. The first-order valence-electron chi connectivity index (χ1n) is 11.0. The number of amides is 2. The maximum atomic E-state index is 13.6. The number of hydrogen-bond donors (Lipinski definition) is 0. The lowest BCUT2D eigenvalue weighted by atomic mass is 10.1. The first kappa shape index (κ1) is 22.3. The number of carbonyl (C=O) groups is 2. The molecule has 1 fully saturated rings. The lowest BCUT2D eigenvalue weighted by Gasteiger charge is -2.38. The highest BCUT2D eigenvalue weighted by atomic mass is 16.5. The van der Waals surface area contributed by atoms with Crippen LogP contribution in [0.3, 0.4) is 0 Å². The van der Waals surface area contributed by atoms with Crippen molar-refractivity contribution in [3.05, 3.63) is 89.7 Å². The zero-order chi connectivity index (χ0) is 23.2. The maximum Gasteiger partial charge on any atom is 0.337 e. The molecule has 2 amide bonds. The van der Waals surface area contributed by atoms with Crippen LogP contribution in [0, 0.1) is 6.92 Å². The molecule has 7 nitrogen and oxygen atoms in total. The predicted octanol–water partition coefficient (Wildman–Crippen LogP) is 4.13. The van der Waals surface area contributed by atoms with Crippen molar-refractivity contribution in [3.63, 3.8) is 0 Å². The predicted molar refractivity (Wildman–Crippen MR) is 129 cm³/mol. The van der Waals surface area contributed by atoms with E-state index in [1.807, 2.05) is 60.4 Å². The fraction of sp³-hybridized carbons (Fsp3) is 0.269. The molecule has 0 saturated carbocycles. The van der Waals surface area contributed by atoms with Crippen molar-refractivity contribution in [2.75, 3.05) is 43.1 Å². The number of esters is 1. The summed E-state index contributed by atoms with van der Waals surface area (Å²) in [6, 6.07) is 19.1. The first-order chi connectivity index (χ1) is 16.0. The minimum Gasteiger partial charge on any atom is -0.465 e. The quantitative estimate of drug-likeness (QED) is 0.554. The van der Waals surface area contributed by atoms with Crippen molar-refractivity contribution in [1.82, 2.24) is 9.88 Å². The topological polar surface area (TPSA) is 66.0 Å². The number of pyridine rings is 1. The Balaban J connectivity index is 1.50. The number of piperazine rings is 1. The number of urea groups is 1. The molecule has 2 heterocycles. The van der Waals surface area contributed by atoms with Crippen LogP contribution < -0.4 is 9.80 Å². The minimum absolute atomic E-state index is 0.0229. The molecule has 1 saturated heterocycles. The van der Waals surface area contributed by atoms with Crippen LogP contribution >= 0.6 is 0 Å². The normalized spacial score (nSPS) is 13.5. The van der Waals surface area contributed by atoms with Crippen molar-refractivity contribution < 1.29 is 14.3 Å². The second-order valence-electron chi connectivity index (χ2n) is 8.07. The van der Waals surface area contributed by atoms with Crippen LogP contribution in [0.25, 0.3) is 0 Å². The lowest BCUT2D eigenvalue weighted by Crippen LogP contribution is -2.53. The number of aryl methyl sites for hydroxylation is 1. The molecule has 170 valence electrons. The van der Waals surface area contributed by atoms with Crippen LogP contribution in [0.2, 0.25) is 0 Å². The van der Waals surface area contributed by atoms with Gasteiger partial charge in [0.2, 0.25) is 0 Å². The standard InChI is InChI=1S/C26H28N4O3/c1-20-3-9-24(10-4-20)30(19-21-5-7-22(8-6-21)25(31)33-2)26(32)29-17-15-28(16-18-29)23-11-13-27-14-12-23/h3-14H,15-19H2,1-2H3. The van der Waals surface area contributed by atoms with E-state index in [4.69, 9.17) is 4.74 Å². The van der Waals surface area contributed by atoms with Gasteiger partial charge >= 0.3 is 12.0 Å². The molecule has 0 spiro atoms. The van der Waals surface area contributed by atoms with Crippen LogP contribution in [0.4, 0.5) is 16.2 Å². The second-order valence-corrected chi connectivity index (χ2v) is 8.07. The van der Waals surface area contributed by atoms with E-state index in [1.165, 1.54) is 7.11 Å². The third-order valence-electron chi connectivity index (χ3n) is 5.87. The molecule has 33 heavy (non-hydrogen) atoms. The first-order valence-corrected chi connectivity index (χ1v) is 11.0. The van der Waals surface area contributed by atoms with Gasteiger partial charge in [0.15, 0.2) is 0 Å². The molecule has 0 atom stereocenters. The van der Waals surface area contributed by atoms with E-state index in [0.29, 0.717) is 25.2 Å². The van der Waals surface area contributed by atoms with E-state index in [-0.39, 0.29) is 12.0 Å². The summed E-state index contributed by atoms with van der Waals surface area (Å²) in [6.07, 6.45) is 3.58. The number of anilines is 2. The Bertz CT molecular complexity index is 1080. The van der Waals surface area contributed by atoms with Gasteiger partial charge in [0.1, 0.15) is 0 Å². The molecule has 1 aromatic heterocycles. The number of benzene rings is 2. The average Bonchev–Trinajstić information content (AvgIpc) is 2.88. The van der Waals surface area contributed by atoms with Crippen molar-refractivity contribution in [2.45, 2.75) is 13.5 Å². The van der Waals surface area contributed by atoms with Crippen LogP contribution in [-0.2, 0) is 11.3 Å². The number of methoxy groups -OCH3 is 1. The summed E-state index contributed by atoms with van der Waals surface area (Å²) in [5.74, 6) is -0.375. The fourth-order valence-electron chi connectivity index (χ4n) is 3.92. The van der Waals surface area contributed by atoms with Gasteiger partial charge in [-0.1, -0.05) is 29.8 Å². The van der Waals surface area contributed by atoms with Gasteiger partial charge < -0.3 is 14.5 Å². The van der Waals surface area contributed by atoms with Gasteiger partial charge in [0.25, 0.3) is 0 Å². The van der Waals surface area contributed by atoms with Crippen LogP contribution in [0.1, 0.15) is 21.5 Å². The van der Waals surface area contributed by atoms with Gasteiger partial charge in [0.05, 0.1) is 19.2 Å². The molecular formula is C26H28N4O3. The second kappa shape index (κ2) is 10.2. The highest BCUT2D eigenvalue weighted by Gasteiger charge is 2.26. The molecule has 0 unspecified atom stereocenters. The van der Waals surface area contributed by atoms with Gasteiger partial charge in [-0.25, -0.2) is 9.59 Å². The van der Waals surface area contributed by atoms with Crippen LogP contribution in [0.5, 0.6) is 0 Å². The fourth-order valence-corrected chi connectivity index (χ4v) is 3.92. The van der Waals surface area contributed by atoms with Crippen molar-refractivity contribution >= 4 is 23.4 Å². The SMILES string of the molecule is COC(=O)c1ccc(CN(C(=O)N2CCN(c3ccncc3)CC2)c2ccc(C)cc2)cc1. The Morgan fingerprint density at radius 1 is 0.909 bits per heavy atom. The Morgan fingerprint density at radius 3 is 2.15 bits per heavy atom. The molecule has 1 aliphatic heterocycles. The Hall–Kier alpha value is -3.87. The van der Waals surface area contributed by atoms with Gasteiger partial charge in [-0.05, 0) is 48.9 Å². The number of carbonyl (C=O) groups excluding carboxylic acids is 2. The van der Waals surface area contributed by atoms with Crippen molar-refractivity contribution in [2.24, 2.45) is 0 Å². The minimum atomic E-state index is -0.375. The van der Waals surface area contributed by atoms with Gasteiger partial charge in [-0.2, -0.15) is 0 Å². The number of nitrogens with zero attached hydrogens (tertiary/aromatic N) is 4. The number of ether oxygens (including phenoxy) is 1. The molecule has 7 heteroatoms. The third kappa shape index (κ3) is 5.31. The van der Waals surface area contributed by atoms with Gasteiger partial charge in [-0.3, -0.25) is 9.88 Å². The van der Waals surface area contributed by atoms with E-state index in [1.54, 1.807) is 29.4 Å². The highest BCUT2D eigenvalue weighted by molar-refractivity contribution is 5.92. The summed E-state index contributed by atoms with van der Waals surface area (Å²) >= 11 is 0. The Labute approximate surface area is 194 Å². The average molecular weight is 445 g/mol. The molecule has 2 aromatic carbocycles. The van der Waals surface area contributed by atoms with Gasteiger partial charge in [-0.15, -0.1) is 0 Å². The summed E-state index contributed by atoms with van der Waals surface area (Å²) < 4.78 is 4.78. The number of rotatable bonds is 5. The van der Waals surface area contributed by atoms with Crippen LogP contribution in [-0.4, -0.2) is 55.2 Å². The molecule has 0 N–H and O–H groups in total. The smallest absolute Gasteiger partial charge is 0.337 e. The Kier molecular flexibility index (Phi) is 6.88. The molecule has 3 aromatic rings. The number of hydrogen-bond acceptors (Lipinski definition) is 5. The zero-order valence-corrected chi connectivity index (χ0v) is 19.0. The zero-order valence-electron chi connectivity index (χ0n) is 19.0. The number of aromatic nitrogens is 1. The molecular weight excluding hydrogens is 416 g/mol. The van der Waals surface area contributed by atoms with E-state index in [2.05, 4.69) is 9.88 Å². The van der Waals surface area contributed by atoms with E-state index >= 15 is 0 Å². The molecule has 0 radical (unpaired) electrons. The summed E-state index contributed by atoms with van der Waals surface area (Å²) in [6.45, 7) is 5.26. The summed E-state index contributed by atoms with van der Waals surface area (Å²) in [4.78, 5) is 35.4. The molecule has 0 aliphatic carbocycles. The highest BCUT2D eigenvalue weighted by Crippen LogP contribution is 2.22. The molecule has 0 bridgehead atoms. The van der Waals surface area contributed by atoms with E-state index in [0.717, 1.165) is 35.6 Å². The Morgan fingerprint density at radius 2 is 1.55 bits per heavy atom. The van der Waals surface area contributed by atoms with Crippen molar-refractivity contribution in [1.29, 1.82) is 0 Å². The van der Waals surface area contributed by atoms with Gasteiger partial charge in [0, 0.05) is 49.9 Å². The molecule has 4 rings (SSSR count). The van der Waals surface area contributed by atoms with E-state index in [9.17, 15) is 9.59 Å². The summed E-state index contributed by atoms with van der Waals surface area (Å²) in [5, 5.41) is 0. The largest absolute Gasteiger partial charge is 0.465 e. The van der Waals surface area contributed by atoms with Crippen molar-refractivity contribution in [3.8, 4) is 0 Å².